The summed E-state index contributed by atoms with van der Waals surface area (Å²) >= 11 is 0. The Morgan fingerprint density at radius 2 is 2.23 bits per heavy atom. The minimum Gasteiger partial charge on any atom is -0.454 e. The number of benzene rings is 1. The topological polar surface area (TPSA) is 70.5 Å². The molecule has 0 amide bonds. The van der Waals surface area contributed by atoms with Gasteiger partial charge in [-0.2, -0.15) is 0 Å². The lowest BCUT2D eigenvalue weighted by molar-refractivity contribution is 0.173. The number of rotatable bonds is 2. The lowest BCUT2D eigenvalue weighted by atomic mass is 10.1. The summed E-state index contributed by atoms with van der Waals surface area (Å²) in [5.74, 6) is 1.49. The number of hydrogen-bond donors (Lipinski definition) is 2. The van der Waals surface area contributed by atoms with Crippen LogP contribution in [0.3, 0.4) is 0 Å². The molecule has 1 aromatic carbocycles. The number of nitrogens with two attached hydrogens (primary N) is 2. The zero-order valence-electron chi connectivity index (χ0n) is 7.19. The Kier molecular flexibility index (Phi) is 2.08. The molecule has 70 valence electrons. The maximum Gasteiger partial charge on any atom is 0.231 e. The van der Waals surface area contributed by atoms with E-state index in [0.29, 0.717) is 6.54 Å². The Bertz CT molecular complexity index is 314. The molecule has 0 spiro atoms. The van der Waals surface area contributed by atoms with Crippen LogP contribution >= 0.6 is 0 Å². The van der Waals surface area contributed by atoms with Crippen LogP contribution in [-0.2, 0) is 0 Å². The molecule has 4 N–H and O–H groups in total. The van der Waals surface area contributed by atoms with Crippen molar-refractivity contribution in [2.45, 2.75) is 6.04 Å². The van der Waals surface area contributed by atoms with Crippen LogP contribution in [0.5, 0.6) is 11.5 Å². The first kappa shape index (κ1) is 8.34. The third-order valence-electron chi connectivity index (χ3n) is 2.08. The predicted molar refractivity (Wildman–Crippen MR) is 48.5 cm³/mol. The van der Waals surface area contributed by atoms with Crippen molar-refractivity contribution < 1.29 is 9.47 Å². The number of hydrogen-bond acceptors (Lipinski definition) is 4. The maximum absolute atomic E-state index is 5.81. The van der Waals surface area contributed by atoms with Crippen LogP contribution in [0.4, 0.5) is 0 Å². The second-order valence-corrected chi connectivity index (χ2v) is 2.92. The molecule has 1 aliphatic rings. The zero-order chi connectivity index (χ0) is 9.26. The summed E-state index contributed by atoms with van der Waals surface area (Å²) in [5, 5.41) is 0. The molecule has 1 aliphatic heterocycles. The molecule has 2 rings (SSSR count). The lowest BCUT2D eigenvalue weighted by Gasteiger charge is -2.11. The van der Waals surface area contributed by atoms with E-state index < -0.39 is 0 Å². The Balaban J connectivity index is 2.41. The first-order valence-electron chi connectivity index (χ1n) is 4.17. The quantitative estimate of drug-likeness (QED) is 0.690. The van der Waals surface area contributed by atoms with Gasteiger partial charge in [0.05, 0.1) is 0 Å². The van der Waals surface area contributed by atoms with Gasteiger partial charge in [-0.25, -0.2) is 0 Å². The molecule has 0 radical (unpaired) electrons. The van der Waals surface area contributed by atoms with Crippen LogP contribution in [0.15, 0.2) is 18.2 Å². The molecule has 13 heavy (non-hydrogen) atoms. The molecule has 0 fully saturated rings. The highest BCUT2D eigenvalue weighted by molar-refractivity contribution is 5.49. The van der Waals surface area contributed by atoms with Crippen molar-refractivity contribution in [3.63, 3.8) is 0 Å². The molecule has 4 nitrogen and oxygen atoms in total. The summed E-state index contributed by atoms with van der Waals surface area (Å²) in [6, 6.07) is 5.47. The zero-order valence-corrected chi connectivity index (χ0v) is 7.19. The Hall–Kier alpha value is -1.26. The van der Waals surface area contributed by atoms with Gasteiger partial charge in [0.25, 0.3) is 0 Å². The van der Waals surface area contributed by atoms with Crippen molar-refractivity contribution in [2.24, 2.45) is 11.5 Å². The molecule has 4 heteroatoms. The second-order valence-electron chi connectivity index (χ2n) is 2.92. The van der Waals surface area contributed by atoms with E-state index in [4.69, 9.17) is 20.9 Å². The van der Waals surface area contributed by atoms with Crippen LogP contribution in [0, 0.1) is 0 Å². The van der Waals surface area contributed by atoms with E-state index in [-0.39, 0.29) is 12.8 Å². The number of fused-ring (bicyclic) bond motifs is 1. The highest BCUT2D eigenvalue weighted by atomic mass is 16.7. The smallest absolute Gasteiger partial charge is 0.231 e. The first-order valence-corrected chi connectivity index (χ1v) is 4.17. The third kappa shape index (κ3) is 1.34. The van der Waals surface area contributed by atoms with Crippen LogP contribution in [0.1, 0.15) is 11.6 Å². The van der Waals surface area contributed by atoms with Gasteiger partial charge in [0.1, 0.15) is 0 Å². The number of para-hydroxylation sites is 1. The fraction of sp³-hybridized carbons (Fsp3) is 0.333. The summed E-state index contributed by atoms with van der Waals surface area (Å²) < 4.78 is 10.5. The minimum absolute atomic E-state index is 0.184. The predicted octanol–water partition coefficient (Wildman–Crippen LogP) is 0.374. The monoisotopic (exact) mass is 180 g/mol. The van der Waals surface area contributed by atoms with Gasteiger partial charge in [0, 0.05) is 18.2 Å². The van der Waals surface area contributed by atoms with E-state index in [2.05, 4.69) is 0 Å². The van der Waals surface area contributed by atoms with E-state index in [0.717, 1.165) is 17.1 Å². The normalized spacial score (nSPS) is 15.8. The summed E-state index contributed by atoms with van der Waals surface area (Å²) in [5.41, 5.74) is 12.2. The first-order chi connectivity index (χ1) is 6.33. The number of ether oxygens (including phenoxy) is 2. The van der Waals surface area contributed by atoms with E-state index in [1.807, 2.05) is 18.2 Å². The van der Waals surface area contributed by atoms with E-state index in [1.54, 1.807) is 0 Å². The van der Waals surface area contributed by atoms with Crippen molar-refractivity contribution in [2.75, 3.05) is 13.3 Å². The van der Waals surface area contributed by atoms with Crippen LogP contribution in [-0.4, -0.2) is 13.3 Å². The van der Waals surface area contributed by atoms with Gasteiger partial charge in [-0.3, -0.25) is 0 Å². The van der Waals surface area contributed by atoms with Crippen molar-refractivity contribution in [1.82, 2.24) is 0 Å². The van der Waals surface area contributed by atoms with Crippen LogP contribution in [0.2, 0.25) is 0 Å². The Morgan fingerprint density at radius 3 is 3.00 bits per heavy atom. The van der Waals surface area contributed by atoms with Crippen molar-refractivity contribution >= 4 is 0 Å². The molecule has 0 bridgehead atoms. The fourth-order valence-corrected chi connectivity index (χ4v) is 1.37. The highest BCUT2D eigenvalue weighted by Crippen LogP contribution is 2.37. The van der Waals surface area contributed by atoms with Gasteiger partial charge in [-0.1, -0.05) is 12.1 Å². The average molecular weight is 180 g/mol. The van der Waals surface area contributed by atoms with Crippen LogP contribution < -0.4 is 20.9 Å². The van der Waals surface area contributed by atoms with Crippen LogP contribution in [0.25, 0.3) is 0 Å². The fourth-order valence-electron chi connectivity index (χ4n) is 1.37. The molecule has 1 heterocycles. The molecule has 1 atom stereocenters. The van der Waals surface area contributed by atoms with Crippen molar-refractivity contribution in [3.05, 3.63) is 23.8 Å². The molecule has 0 aliphatic carbocycles. The van der Waals surface area contributed by atoms with Gasteiger partial charge in [-0.15, -0.1) is 0 Å². The average Bonchev–Trinajstić information content (AvgIpc) is 2.63. The molecule has 1 aromatic rings. The highest BCUT2D eigenvalue weighted by Gasteiger charge is 2.19. The minimum atomic E-state index is -0.184. The summed E-state index contributed by atoms with van der Waals surface area (Å²) in [6.45, 7) is 0.670. The van der Waals surface area contributed by atoms with E-state index in [1.165, 1.54) is 0 Å². The van der Waals surface area contributed by atoms with E-state index in [9.17, 15) is 0 Å². The second kappa shape index (κ2) is 3.24. The SMILES string of the molecule is NCC(N)c1cccc2c1OCO2. The standard InChI is InChI=1S/C9H12N2O2/c10-4-7(11)6-2-1-3-8-9(6)13-5-12-8/h1-3,7H,4-5,10-11H2. The summed E-state index contributed by atoms with van der Waals surface area (Å²) in [6.07, 6.45) is 0. The summed E-state index contributed by atoms with van der Waals surface area (Å²) in [7, 11) is 0. The molecule has 1 unspecified atom stereocenters. The van der Waals surface area contributed by atoms with E-state index >= 15 is 0 Å². The molecule has 0 saturated carbocycles. The molecular weight excluding hydrogens is 168 g/mol. The molecule has 0 saturated heterocycles. The summed E-state index contributed by atoms with van der Waals surface area (Å²) in [4.78, 5) is 0. The van der Waals surface area contributed by atoms with Crippen molar-refractivity contribution in [3.8, 4) is 11.5 Å². The molecule has 0 aromatic heterocycles. The Labute approximate surface area is 76.4 Å². The van der Waals surface area contributed by atoms with Gasteiger partial charge in [0.2, 0.25) is 6.79 Å². The molecular formula is C9H12N2O2. The van der Waals surface area contributed by atoms with Crippen molar-refractivity contribution in [1.29, 1.82) is 0 Å². The van der Waals surface area contributed by atoms with Gasteiger partial charge in [-0.05, 0) is 6.07 Å². The lowest BCUT2D eigenvalue weighted by Crippen LogP contribution is -2.21. The Morgan fingerprint density at radius 1 is 1.38 bits per heavy atom. The van der Waals surface area contributed by atoms with Gasteiger partial charge >= 0.3 is 0 Å². The largest absolute Gasteiger partial charge is 0.454 e. The third-order valence-corrected chi connectivity index (χ3v) is 2.08. The maximum atomic E-state index is 5.81. The van der Waals surface area contributed by atoms with Gasteiger partial charge < -0.3 is 20.9 Å². The van der Waals surface area contributed by atoms with Gasteiger partial charge in [0.15, 0.2) is 11.5 Å².